The summed E-state index contributed by atoms with van der Waals surface area (Å²) in [6.45, 7) is 1.97. The Hall–Kier alpha value is 0.130. The number of nitrogens with two attached hydrogens (primary N) is 1. The number of imidazole rings is 1. The molecule has 0 aliphatic rings. The second-order valence-electron chi connectivity index (χ2n) is 2.26. The van der Waals surface area contributed by atoms with Crippen molar-refractivity contribution in [2.45, 2.75) is 19.4 Å². The maximum absolute atomic E-state index is 5.54. The highest BCUT2D eigenvalue weighted by Crippen LogP contribution is 1.93. The molecule has 0 aliphatic heterocycles. The van der Waals surface area contributed by atoms with Gasteiger partial charge in [-0.3, -0.25) is 0 Å². The Morgan fingerprint density at radius 2 is 2.27 bits per heavy atom. The number of nitrogens with zero attached hydrogens (tertiary/aromatic N) is 1. The van der Waals surface area contributed by atoms with Gasteiger partial charge in [0.1, 0.15) is 0 Å². The molecule has 0 amide bonds. The zero-order valence-electron chi connectivity index (χ0n) is 6.28. The lowest BCUT2D eigenvalue weighted by molar-refractivity contribution is 0.725. The van der Waals surface area contributed by atoms with Crippen LogP contribution in [-0.4, -0.2) is 16.0 Å². The topological polar surface area (TPSA) is 54.7 Å². The molecule has 0 unspecified atom stereocenters. The Kier molecular flexibility index (Phi) is 8.49. The zero-order chi connectivity index (χ0) is 6.69. The van der Waals surface area contributed by atoms with Gasteiger partial charge in [-0.05, 0) is 6.92 Å². The quantitative estimate of drug-likeness (QED) is 0.865. The van der Waals surface area contributed by atoms with Crippen LogP contribution in [0.15, 0.2) is 12.5 Å². The number of H-pyrrole nitrogens is 1. The van der Waals surface area contributed by atoms with Gasteiger partial charge in [0, 0.05) is 24.4 Å². The van der Waals surface area contributed by atoms with E-state index in [4.69, 9.17) is 5.73 Å². The highest BCUT2D eigenvalue weighted by Gasteiger charge is 1.96. The minimum Gasteiger partial charge on any atom is -0.348 e. The predicted octanol–water partition coefficient (Wildman–Crippen LogP) is 1.46. The van der Waals surface area contributed by atoms with E-state index in [1.54, 1.807) is 12.5 Å². The molecular formula is C6H13Br2N3. The number of rotatable bonds is 2. The molecule has 1 aromatic rings. The molecule has 1 heterocycles. The monoisotopic (exact) mass is 285 g/mol. The Labute approximate surface area is 87.3 Å². The third-order valence-electron chi connectivity index (χ3n) is 1.10. The van der Waals surface area contributed by atoms with E-state index in [2.05, 4.69) is 9.97 Å². The van der Waals surface area contributed by atoms with Gasteiger partial charge in [-0.25, -0.2) is 4.98 Å². The van der Waals surface area contributed by atoms with Gasteiger partial charge in [0.25, 0.3) is 0 Å². The summed E-state index contributed by atoms with van der Waals surface area (Å²) in [6.07, 6.45) is 4.33. The maximum atomic E-state index is 5.54. The third-order valence-corrected chi connectivity index (χ3v) is 1.10. The van der Waals surface area contributed by atoms with Crippen LogP contribution in [0.2, 0.25) is 0 Å². The first kappa shape index (κ1) is 13.7. The number of halogens is 2. The van der Waals surface area contributed by atoms with E-state index < -0.39 is 0 Å². The van der Waals surface area contributed by atoms with Crippen LogP contribution in [0.3, 0.4) is 0 Å². The van der Waals surface area contributed by atoms with E-state index in [-0.39, 0.29) is 40.0 Å². The predicted molar refractivity (Wildman–Crippen MR) is 56.6 cm³/mol. The van der Waals surface area contributed by atoms with E-state index in [1.165, 1.54) is 0 Å². The summed E-state index contributed by atoms with van der Waals surface area (Å²) in [7, 11) is 0. The lowest BCUT2D eigenvalue weighted by Gasteiger charge is -1.99. The molecule has 3 nitrogen and oxygen atoms in total. The van der Waals surface area contributed by atoms with Crippen molar-refractivity contribution >= 4 is 34.0 Å². The fraction of sp³-hybridized carbons (Fsp3) is 0.500. The summed E-state index contributed by atoms with van der Waals surface area (Å²) in [4.78, 5) is 6.84. The molecule has 1 rings (SSSR count). The minimum atomic E-state index is 0. The van der Waals surface area contributed by atoms with E-state index in [0.717, 1.165) is 12.1 Å². The molecule has 3 N–H and O–H groups in total. The molecule has 5 heteroatoms. The number of aromatic amines is 1. The van der Waals surface area contributed by atoms with Gasteiger partial charge >= 0.3 is 0 Å². The molecule has 0 spiro atoms. The second kappa shape index (κ2) is 6.82. The summed E-state index contributed by atoms with van der Waals surface area (Å²) in [5, 5.41) is 0. The Bertz CT molecular complexity index is 162. The van der Waals surface area contributed by atoms with Crippen molar-refractivity contribution in [3.05, 3.63) is 18.2 Å². The van der Waals surface area contributed by atoms with Crippen LogP contribution < -0.4 is 5.73 Å². The van der Waals surface area contributed by atoms with Gasteiger partial charge < -0.3 is 10.7 Å². The maximum Gasteiger partial charge on any atom is 0.0921 e. The zero-order valence-corrected chi connectivity index (χ0v) is 9.71. The standard InChI is InChI=1S/C6H11N3.2BrH/c1-5(7)2-6-3-8-4-9-6;;/h3-5H,2,7H2,1H3,(H,8,9);2*1H/t5-;;/m0../s1. The first-order valence-corrected chi connectivity index (χ1v) is 3.02. The Morgan fingerprint density at radius 3 is 2.64 bits per heavy atom. The summed E-state index contributed by atoms with van der Waals surface area (Å²) in [5.41, 5.74) is 6.64. The number of nitrogens with one attached hydrogen (secondary N) is 1. The van der Waals surface area contributed by atoms with E-state index in [1.807, 2.05) is 6.92 Å². The van der Waals surface area contributed by atoms with Crippen molar-refractivity contribution in [1.82, 2.24) is 9.97 Å². The van der Waals surface area contributed by atoms with Crippen LogP contribution in [-0.2, 0) is 6.42 Å². The molecule has 1 atom stereocenters. The number of hydrogen-bond acceptors (Lipinski definition) is 2. The Balaban J connectivity index is 0. The van der Waals surface area contributed by atoms with Gasteiger partial charge in [0.15, 0.2) is 0 Å². The lowest BCUT2D eigenvalue weighted by Crippen LogP contribution is -2.17. The number of aromatic nitrogens is 2. The van der Waals surface area contributed by atoms with Crippen LogP contribution >= 0.6 is 34.0 Å². The largest absolute Gasteiger partial charge is 0.348 e. The highest BCUT2D eigenvalue weighted by molar-refractivity contribution is 8.93. The Morgan fingerprint density at radius 1 is 1.64 bits per heavy atom. The molecule has 0 bridgehead atoms. The molecule has 1 aromatic heterocycles. The smallest absolute Gasteiger partial charge is 0.0921 e. The van der Waals surface area contributed by atoms with Crippen LogP contribution in [0.1, 0.15) is 12.6 Å². The fourth-order valence-corrected chi connectivity index (χ4v) is 0.743. The first-order chi connectivity index (χ1) is 4.29. The van der Waals surface area contributed by atoms with Crippen molar-refractivity contribution in [3.8, 4) is 0 Å². The molecule has 0 saturated heterocycles. The van der Waals surface area contributed by atoms with Gasteiger partial charge in [0.2, 0.25) is 0 Å². The van der Waals surface area contributed by atoms with Gasteiger partial charge in [-0.1, -0.05) is 0 Å². The van der Waals surface area contributed by atoms with Gasteiger partial charge in [0.05, 0.1) is 6.33 Å². The molecular weight excluding hydrogens is 274 g/mol. The van der Waals surface area contributed by atoms with E-state index in [0.29, 0.717) is 0 Å². The van der Waals surface area contributed by atoms with E-state index >= 15 is 0 Å². The summed E-state index contributed by atoms with van der Waals surface area (Å²) in [5.74, 6) is 0. The molecule has 11 heavy (non-hydrogen) atoms. The number of hydrogen-bond donors (Lipinski definition) is 2. The normalized spacial score (nSPS) is 11.1. The van der Waals surface area contributed by atoms with Gasteiger partial charge in [-0.2, -0.15) is 0 Å². The highest BCUT2D eigenvalue weighted by atomic mass is 79.9. The summed E-state index contributed by atoms with van der Waals surface area (Å²) < 4.78 is 0. The SMILES string of the molecule is Br.Br.C[C@H](N)Cc1cnc[nH]1. The molecule has 0 aliphatic carbocycles. The van der Waals surface area contributed by atoms with Crippen molar-refractivity contribution in [2.24, 2.45) is 5.73 Å². The third kappa shape index (κ3) is 5.41. The second-order valence-corrected chi connectivity index (χ2v) is 2.26. The fourth-order valence-electron chi connectivity index (χ4n) is 0.743. The molecule has 0 saturated carbocycles. The van der Waals surface area contributed by atoms with Crippen LogP contribution in [0.4, 0.5) is 0 Å². The van der Waals surface area contributed by atoms with Gasteiger partial charge in [-0.15, -0.1) is 34.0 Å². The molecule has 0 fully saturated rings. The van der Waals surface area contributed by atoms with Crippen molar-refractivity contribution in [2.75, 3.05) is 0 Å². The van der Waals surface area contributed by atoms with E-state index in [9.17, 15) is 0 Å². The minimum absolute atomic E-state index is 0. The summed E-state index contributed by atoms with van der Waals surface area (Å²) >= 11 is 0. The van der Waals surface area contributed by atoms with Crippen molar-refractivity contribution in [3.63, 3.8) is 0 Å². The van der Waals surface area contributed by atoms with Crippen molar-refractivity contribution in [1.29, 1.82) is 0 Å². The molecule has 0 aromatic carbocycles. The van der Waals surface area contributed by atoms with Crippen LogP contribution in [0, 0.1) is 0 Å². The van der Waals surface area contributed by atoms with Crippen LogP contribution in [0.25, 0.3) is 0 Å². The van der Waals surface area contributed by atoms with Crippen molar-refractivity contribution < 1.29 is 0 Å². The van der Waals surface area contributed by atoms with Crippen LogP contribution in [0.5, 0.6) is 0 Å². The average Bonchev–Trinajstić information content (AvgIpc) is 2.15. The molecule has 66 valence electrons. The molecule has 0 radical (unpaired) electrons. The summed E-state index contributed by atoms with van der Waals surface area (Å²) in [6, 6.07) is 0.213. The lowest BCUT2D eigenvalue weighted by atomic mass is 10.2. The average molecular weight is 287 g/mol. The first-order valence-electron chi connectivity index (χ1n) is 3.02.